The van der Waals surface area contributed by atoms with Gasteiger partial charge < -0.3 is 20.1 Å². The Hall–Kier alpha value is -1.30. The van der Waals surface area contributed by atoms with E-state index < -0.39 is 5.97 Å². The number of carboxylic acid groups (broad SMARTS) is 1. The highest BCUT2D eigenvalue weighted by Crippen LogP contribution is 2.19. The van der Waals surface area contributed by atoms with E-state index in [0.717, 1.165) is 12.8 Å². The summed E-state index contributed by atoms with van der Waals surface area (Å²) in [6, 6.07) is -0.335. The first-order chi connectivity index (χ1) is 9.99. The molecule has 0 radical (unpaired) electrons. The molecule has 21 heavy (non-hydrogen) atoms. The molecule has 0 atom stereocenters. The molecule has 0 unspecified atom stereocenters. The average Bonchev–Trinajstić information content (AvgIpc) is 2.43. The third-order valence-corrected chi connectivity index (χ3v) is 3.48. The van der Waals surface area contributed by atoms with Crippen molar-refractivity contribution in [3.05, 3.63) is 0 Å². The molecule has 6 heteroatoms. The van der Waals surface area contributed by atoms with Crippen LogP contribution >= 0.6 is 0 Å². The normalized spacial score (nSPS) is 16.0. The van der Waals surface area contributed by atoms with Gasteiger partial charge in [-0.05, 0) is 18.8 Å². The number of carbonyl (C=O) groups excluding carboxylic acids is 1. The molecule has 0 aliphatic heterocycles. The topological polar surface area (TPSA) is 78.9 Å². The van der Waals surface area contributed by atoms with Gasteiger partial charge in [-0.3, -0.25) is 4.79 Å². The fourth-order valence-electron chi connectivity index (χ4n) is 2.55. The Morgan fingerprint density at radius 1 is 1.29 bits per heavy atom. The number of nitrogens with one attached hydrogen (secondary N) is 1. The first kappa shape index (κ1) is 17.8. The van der Waals surface area contributed by atoms with Gasteiger partial charge in [0.15, 0.2) is 0 Å². The smallest absolute Gasteiger partial charge is 0.323 e. The molecule has 0 aromatic rings. The lowest BCUT2D eigenvalue weighted by molar-refractivity contribution is -0.137. The van der Waals surface area contributed by atoms with Gasteiger partial charge in [0, 0.05) is 13.1 Å². The zero-order chi connectivity index (χ0) is 15.7. The van der Waals surface area contributed by atoms with E-state index in [1.54, 1.807) is 0 Å². The number of hydrogen-bond donors (Lipinski definition) is 2. The molecular formula is C15H28N2O4. The van der Waals surface area contributed by atoms with Crippen molar-refractivity contribution in [2.75, 3.05) is 26.2 Å². The minimum absolute atomic E-state index is 0.230. The van der Waals surface area contributed by atoms with E-state index in [1.807, 2.05) is 13.8 Å². The lowest BCUT2D eigenvalue weighted by Gasteiger charge is -2.24. The van der Waals surface area contributed by atoms with Crippen molar-refractivity contribution in [3.63, 3.8) is 0 Å². The second-order valence-corrected chi connectivity index (χ2v) is 6.03. The van der Waals surface area contributed by atoms with Crippen LogP contribution < -0.4 is 5.32 Å². The standard InChI is InChI=1S/C15H28N2O4/c1-12(2)10-17(11-14(18)19)15(20)16-8-9-21-13-6-4-3-5-7-13/h12-13H,3-11H2,1-2H3,(H,16,20)(H,18,19). The zero-order valence-corrected chi connectivity index (χ0v) is 13.1. The van der Waals surface area contributed by atoms with Crippen molar-refractivity contribution in [2.24, 2.45) is 5.92 Å². The van der Waals surface area contributed by atoms with Crippen molar-refractivity contribution in [3.8, 4) is 0 Å². The first-order valence-electron chi connectivity index (χ1n) is 7.85. The number of rotatable bonds is 8. The van der Waals surface area contributed by atoms with Crippen molar-refractivity contribution in [2.45, 2.75) is 52.1 Å². The average molecular weight is 300 g/mol. The molecule has 6 nitrogen and oxygen atoms in total. The van der Waals surface area contributed by atoms with Gasteiger partial charge in [0.05, 0.1) is 12.7 Å². The monoisotopic (exact) mass is 300 g/mol. The summed E-state index contributed by atoms with van der Waals surface area (Å²) in [7, 11) is 0. The van der Waals surface area contributed by atoms with Gasteiger partial charge in [0.25, 0.3) is 0 Å². The summed E-state index contributed by atoms with van der Waals surface area (Å²) >= 11 is 0. The van der Waals surface area contributed by atoms with Crippen LogP contribution in [0.2, 0.25) is 0 Å². The minimum Gasteiger partial charge on any atom is -0.480 e. The second-order valence-electron chi connectivity index (χ2n) is 6.03. The van der Waals surface area contributed by atoms with Crippen LogP contribution in [0.3, 0.4) is 0 Å². The third kappa shape index (κ3) is 7.90. The number of nitrogens with zero attached hydrogens (tertiary/aromatic N) is 1. The van der Waals surface area contributed by atoms with E-state index in [2.05, 4.69) is 5.32 Å². The van der Waals surface area contributed by atoms with Gasteiger partial charge in [-0.25, -0.2) is 4.79 Å². The SMILES string of the molecule is CC(C)CN(CC(=O)O)C(=O)NCCOC1CCCCC1. The predicted octanol–water partition coefficient (Wildman–Crippen LogP) is 2.09. The van der Waals surface area contributed by atoms with Gasteiger partial charge >= 0.3 is 12.0 Å². The molecule has 1 saturated carbocycles. The molecule has 1 rings (SSSR count). The Balaban J connectivity index is 2.23. The maximum absolute atomic E-state index is 12.0. The summed E-state index contributed by atoms with van der Waals surface area (Å²) in [5.41, 5.74) is 0. The summed E-state index contributed by atoms with van der Waals surface area (Å²) in [6.07, 6.45) is 6.26. The van der Waals surface area contributed by atoms with Crippen molar-refractivity contribution in [1.82, 2.24) is 10.2 Å². The van der Waals surface area contributed by atoms with E-state index in [1.165, 1.54) is 24.2 Å². The molecule has 122 valence electrons. The maximum Gasteiger partial charge on any atom is 0.323 e. The van der Waals surface area contributed by atoms with Gasteiger partial charge in [-0.15, -0.1) is 0 Å². The molecule has 1 aliphatic rings. The highest BCUT2D eigenvalue weighted by molar-refractivity contribution is 5.80. The number of carboxylic acids is 1. The van der Waals surface area contributed by atoms with E-state index in [4.69, 9.17) is 9.84 Å². The lowest BCUT2D eigenvalue weighted by atomic mass is 9.98. The van der Waals surface area contributed by atoms with Gasteiger partial charge in [-0.1, -0.05) is 33.1 Å². The van der Waals surface area contributed by atoms with E-state index in [0.29, 0.717) is 25.8 Å². The number of carbonyl (C=O) groups is 2. The Morgan fingerprint density at radius 3 is 2.52 bits per heavy atom. The number of ether oxygens (including phenoxy) is 1. The third-order valence-electron chi connectivity index (χ3n) is 3.48. The summed E-state index contributed by atoms with van der Waals surface area (Å²) < 4.78 is 5.73. The minimum atomic E-state index is -0.996. The number of hydrogen-bond acceptors (Lipinski definition) is 3. The van der Waals surface area contributed by atoms with Gasteiger partial charge in [-0.2, -0.15) is 0 Å². The van der Waals surface area contributed by atoms with Crippen LogP contribution in [0.1, 0.15) is 46.0 Å². The quantitative estimate of drug-likeness (QED) is 0.673. The van der Waals surface area contributed by atoms with Crippen LogP contribution in [0.15, 0.2) is 0 Å². The largest absolute Gasteiger partial charge is 0.480 e. The Bertz CT molecular complexity index is 328. The first-order valence-corrected chi connectivity index (χ1v) is 7.85. The zero-order valence-electron chi connectivity index (χ0n) is 13.1. The Labute approximate surface area is 126 Å². The summed E-state index contributed by atoms with van der Waals surface area (Å²) in [6.45, 7) is 4.97. The molecule has 0 spiro atoms. The lowest BCUT2D eigenvalue weighted by Crippen LogP contribution is -2.45. The van der Waals surface area contributed by atoms with E-state index in [-0.39, 0.29) is 18.5 Å². The van der Waals surface area contributed by atoms with E-state index in [9.17, 15) is 9.59 Å². The van der Waals surface area contributed by atoms with Crippen molar-refractivity contribution >= 4 is 12.0 Å². The molecule has 0 aromatic carbocycles. The van der Waals surface area contributed by atoms with Crippen LogP contribution in [0.25, 0.3) is 0 Å². The van der Waals surface area contributed by atoms with E-state index >= 15 is 0 Å². The summed E-state index contributed by atoms with van der Waals surface area (Å²) in [4.78, 5) is 24.1. The molecule has 0 heterocycles. The summed E-state index contributed by atoms with van der Waals surface area (Å²) in [5, 5.41) is 11.6. The van der Waals surface area contributed by atoms with Crippen molar-refractivity contribution in [1.29, 1.82) is 0 Å². The molecule has 1 aliphatic carbocycles. The highest BCUT2D eigenvalue weighted by Gasteiger charge is 2.18. The van der Waals surface area contributed by atoms with Crippen LogP contribution in [0.5, 0.6) is 0 Å². The molecule has 2 amide bonds. The second kappa shape index (κ2) is 9.60. The van der Waals surface area contributed by atoms with Crippen LogP contribution in [-0.4, -0.2) is 54.4 Å². The Morgan fingerprint density at radius 2 is 1.95 bits per heavy atom. The fraction of sp³-hybridized carbons (Fsp3) is 0.867. The number of urea groups is 1. The van der Waals surface area contributed by atoms with Crippen LogP contribution in [0.4, 0.5) is 4.79 Å². The van der Waals surface area contributed by atoms with Crippen LogP contribution in [0, 0.1) is 5.92 Å². The molecule has 2 N–H and O–H groups in total. The predicted molar refractivity (Wildman–Crippen MR) is 80.3 cm³/mol. The Kier molecular flexibility index (Phi) is 8.12. The number of aliphatic carboxylic acids is 1. The van der Waals surface area contributed by atoms with Gasteiger partial charge in [0.1, 0.15) is 6.54 Å². The number of amides is 2. The summed E-state index contributed by atoms with van der Waals surface area (Å²) in [5.74, 6) is -0.766. The van der Waals surface area contributed by atoms with Gasteiger partial charge in [0.2, 0.25) is 0 Å². The fourth-order valence-corrected chi connectivity index (χ4v) is 2.55. The highest BCUT2D eigenvalue weighted by atomic mass is 16.5. The molecule has 0 bridgehead atoms. The molecular weight excluding hydrogens is 272 g/mol. The molecule has 0 aromatic heterocycles. The molecule has 1 fully saturated rings. The van der Waals surface area contributed by atoms with Crippen LogP contribution in [-0.2, 0) is 9.53 Å². The maximum atomic E-state index is 12.0. The van der Waals surface area contributed by atoms with Crippen molar-refractivity contribution < 1.29 is 19.4 Å². The molecule has 0 saturated heterocycles.